The molecule has 0 spiro atoms. The van der Waals surface area contributed by atoms with E-state index in [4.69, 9.17) is 5.73 Å². The van der Waals surface area contributed by atoms with Gasteiger partial charge in [-0.05, 0) is 37.1 Å². The average Bonchev–Trinajstić information content (AvgIpc) is 2.19. The second-order valence-corrected chi connectivity index (χ2v) is 3.87. The van der Waals surface area contributed by atoms with Crippen LogP contribution in [0.5, 0.6) is 0 Å². The fourth-order valence-electron chi connectivity index (χ4n) is 1.90. The van der Waals surface area contributed by atoms with E-state index in [9.17, 15) is 4.39 Å². The minimum atomic E-state index is -1.20. The smallest absolute Gasteiger partial charge is 0.148 e. The lowest BCUT2D eigenvalue weighted by Crippen LogP contribution is -2.40. The lowest BCUT2D eigenvalue weighted by atomic mass is 9.88. The summed E-state index contributed by atoms with van der Waals surface area (Å²) in [6.45, 7) is 1.33. The van der Waals surface area contributed by atoms with Crippen LogP contribution in [0, 0.1) is 0 Å². The van der Waals surface area contributed by atoms with Crippen LogP contribution < -0.4 is 11.1 Å². The second-order valence-electron chi connectivity index (χ2n) is 3.87. The predicted molar refractivity (Wildman–Crippen MR) is 55.7 cm³/mol. The molecule has 1 aromatic carbocycles. The van der Waals surface area contributed by atoms with E-state index in [2.05, 4.69) is 5.32 Å². The van der Waals surface area contributed by atoms with Gasteiger partial charge in [0.2, 0.25) is 0 Å². The van der Waals surface area contributed by atoms with Gasteiger partial charge in [-0.1, -0.05) is 12.1 Å². The van der Waals surface area contributed by atoms with E-state index in [0.29, 0.717) is 18.7 Å². The number of anilines is 1. The van der Waals surface area contributed by atoms with Gasteiger partial charge in [0, 0.05) is 12.2 Å². The molecule has 0 amide bonds. The number of nitrogens with one attached hydrogen (secondary N) is 1. The molecule has 2 rings (SSSR count). The summed E-state index contributed by atoms with van der Waals surface area (Å²) in [5, 5.41) is 3.08. The maximum atomic E-state index is 14.3. The van der Waals surface area contributed by atoms with Crippen LogP contribution in [0.4, 0.5) is 10.1 Å². The second kappa shape index (κ2) is 3.58. The lowest BCUT2D eigenvalue weighted by Gasteiger charge is -2.30. The fourth-order valence-corrected chi connectivity index (χ4v) is 1.90. The van der Waals surface area contributed by atoms with Gasteiger partial charge in [0.05, 0.1) is 0 Å². The van der Waals surface area contributed by atoms with Crippen LogP contribution in [-0.2, 0) is 5.67 Å². The van der Waals surface area contributed by atoms with E-state index >= 15 is 0 Å². The molecule has 14 heavy (non-hydrogen) atoms. The van der Waals surface area contributed by atoms with E-state index in [0.717, 1.165) is 18.5 Å². The third kappa shape index (κ3) is 1.73. The molecule has 3 heteroatoms. The molecule has 1 atom stereocenters. The third-order valence-corrected chi connectivity index (χ3v) is 2.76. The van der Waals surface area contributed by atoms with Crippen molar-refractivity contribution in [2.24, 2.45) is 0 Å². The predicted octanol–water partition coefficient (Wildman–Crippen LogP) is 1.82. The normalized spacial score (nSPS) is 27.5. The van der Waals surface area contributed by atoms with Crippen molar-refractivity contribution in [3.8, 4) is 0 Å². The molecule has 1 aliphatic rings. The molecule has 1 unspecified atom stereocenters. The highest BCUT2D eigenvalue weighted by molar-refractivity contribution is 5.41. The van der Waals surface area contributed by atoms with Gasteiger partial charge in [0.15, 0.2) is 0 Å². The Labute approximate surface area is 83.3 Å². The van der Waals surface area contributed by atoms with Crippen LogP contribution in [0.2, 0.25) is 0 Å². The van der Waals surface area contributed by atoms with Crippen LogP contribution in [0.25, 0.3) is 0 Å². The summed E-state index contributed by atoms with van der Waals surface area (Å²) in [6.07, 6.45) is 1.49. The highest BCUT2D eigenvalue weighted by Gasteiger charge is 2.33. The first kappa shape index (κ1) is 9.46. The number of nitrogens with two attached hydrogens (primary N) is 1. The first-order chi connectivity index (χ1) is 6.71. The van der Waals surface area contributed by atoms with Gasteiger partial charge < -0.3 is 11.1 Å². The summed E-state index contributed by atoms with van der Waals surface area (Å²) in [5.74, 6) is 0. The number of piperidine rings is 1. The van der Waals surface area contributed by atoms with Crippen molar-refractivity contribution in [1.82, 2.24) is 5.32 Å². The molecule has 0 aromatic heterocycles. The number of halogens is 1. The van der Waals surface area contributed by atoms with Crippen molar-refractivity contribution in [2.75, 3.05) is 18.8 Å². The van der Waals surface area contributed by atoms with Crippen molar-refractivity contribution in [3.63, 3.8) is 0 Å². The molecule has 1 fully saturated rings. The lowest BCUT2D eigenvalue weighted by molar-refractivity contribution is 0.122. The van der Waals surface area contributed by atoms with Crippen molar-refractivity contribution < 1.29 is 4.39 Å². The molecule has 0 bridgehead atoms. The Hall–Kier alpha value is -1.09. The van der Waals surface area contributed by atoms with E-state index < -0.39 is 5.67 Å². The molecule has 1 aliphatic heterocycles. The van der Waals surface area contributed by atoms with Crippen LogP contribution in [-0.4, -0.2) is 13.1 Å². The zero-order chi connectivity index (χ0) is 10.0. The molecule has 0 radical (unpaired) electrons. The molecule has 76 valence electrons. The van der Waals surface area contributed by atoms with E-state index in [1.807, 2.05) is 0 Å². The first-order valence-electron chi connectivity index (χ1n) is 4.96. The summed E-state index contributed by atoms with van der Waals surface area (Å²) in [6, 6.07) is 7.07. The molecule has 1 heterocycles. The van der Waals surface area contributed by atoms with Gasteiger partial charge in [-0.15, -0.1) is 0 Å². The number of rotatable bonds is 1. The summed E-state index contributed by atoms with van der Waals surface area (Å²) >= 11 is 0. The molecule has 0 aliphatic carbocycles. The van der Waals surface area contributed by atoms with Gasteiger partial charge in [-0.2, -0.15) is 0 Å². The maximum absolute atomic E-state index is 14.3. The molecular weight excluding hydrogens is 179 g/mol. The minimum absolute atomic E-state index is 0.414. The Morgan fingerprint density at radius 2 is 2.00 bits per heavy atom. The average molecular weight is 194 g/mol. The minimum Gasteiger partial charge on any atom is -0.399 e. The Morgan fingerprint density at radius 3 is 2.57 bits per heavy atom. The molecule has 3 N–H and O–H groups in total. The zero-order valence-electron chi connectivity index (χ0n) is 8.09. The molecular formula is C11H15FN2. The van der Waals surface area contributed by atoms with E-state index in [1.54, 1.807) is 24.3 Å². The quantitative estimate of drug-likeness (QED) is 0.669. The maximum Gasteiger partial charge on any atom is 0.148 e. The van der Waals surface area contributed by atoms with E-state index in [-0.39, 0.29) is 0 Å². The Bertz CT molecular complexity index is 302. The SMILES string of the molecule is Nc1ccc(C2(F)CCCNC2)cc1. The monoisotopic (exact) mass is 194 g/mol. The van der Waals surface area contributed by atoms with Crippen LogP contribution >= 0.6 is 0 Å². The van der Waals surface area contributed by atoms with Gasteiger partial charge >= 0.3 is 0 Å². The molecule has 1 saturated heterocycles. The van der Waals surface area contributed by atoms with E-state index in [1.165, 1.54) is 0 Å². The van der Waals surface area contributed by atoms with Crippen LogP contribution in [0.15, 0.2) is 24.3 Å². The Morgan fingerprint density at radius 1 is 1.29 bits per heavy atom. The summed E-state index contributed by atoms with van der Waals surface area (Å²) in [7, 11) is 0. The van der Waals surface area contributed by atoms with Crippen molar-refractivity contribution >= 4 is 5.69 Å². The Kier molecular flexibility index (Phi) is 2.42. The Balaban J connectivity index is 2.23. The number of alkyl halides is 1. The molecule has 1 aromatic rings. The third-order valence-electron chi connectivity index (χ3n) is 2.76. The van der Waals surface area contributed by atoms with Crippen molar-refractivity contribution in [3.05, 3.63) is 29.8 Å². The molecule has 2 nitrogen and oxygen atoms in total. The number of nitrogen functional groups attached to an aromatic ring is 1. The molecule has 0 saturated carbocycles. The highest BCUT2D eigenvalue weighted by Crippen LogP contribution is 2.32. The van der Waals surface area contributed by atoms with Crippen molar-refractivity contribution in [2.45, 2.75) is 18.5 Å². The topological polar surface area (TPSA) is 38.0 Å². The number of benzene rings is 1. The van der Waals surface area contributed by atoms with Gasteiger partial charge in [-0.3, -0.25) is 0 Å². The van der Waals surface area contributed by atoms with Gasteiger partial charge in [0.25, 0.3) is 0 Å². The summed E-state index contributed by atoms with van der Waals surface area (Å²) < 4.78 is 14.3. The summed E-state index contributed by atoms with van der Waals surface area (Å²) in [5.41, 5.74) is 5.78. The van der Waals surface area contributed by atoms with Gasteiger partial charge in [0.1, 0.15) is 5.67 Å². The number of hydrogen-bond donors (Lipinski definition) is 2. The van der Waals surface area contributed by atoms with Crippen molar-refractivity contribution in [1.29, 1.82) is 0 Å². The van der Waals surface area contributed by atoms with Crippen LogP contribution in [0.1, 0.15) is 18.4 Å². The van der Waals surface area contributed by atoms with Gasteiger partial charge in [-0.25, -0.2) is 4.39 Å². The largest absolute Gasteiger partial charge is 0.399 e. The zero-order valence-corrected chi connectivity index (χ0v) is 8.09. The first-order valence-corrected chi connectivity index (χ1v) is 4.96. The van der Waals surface area contributed by atoms with Crippen LogP contribution in [0.3, 0.4) is 0 Å². The fraction of sp³-hybridized carbons (Fsp3) is 0.455. The standard InChI is InChI=1S/C11H15FN2/c12-11(6-1-7-14-8-11)9-2-4-10(13)5-3-9/h2-5,14H,1,6-8,13H2. The summed E-state index contributed by atoms with van der Waals surface area (Å²) in [4.78, 5) is 0. The number of hydrogen-bond acceptors (Lipinski definition) is 2. The highest BCUT2D eigenvalue weighted by atomic mass is 19.1.